The molecule has 1 saturated heterocycles. The van der Waals surface area contributed by atoms with Crippen LogP contribution in [0.15, 0.2) is 12.3 Å². The van der Waals surface area contributed by atoms with Gasteiger partial charge in [0.05, 0.1) is 11.5 Å². The Morgan fingerprint density at radius 1 is 1.50 bits per heavy atom. The molecule has 0 aliphatic carbocycles. The second-order valence-corrected chi connectivity index (χ2v) is 5.29. The lowest BCUT2D eigenvalue weighted by Crippen LogP contribution is -2.27. The molecule has 1 fully saturated rings. The molecule has 0 aromatic heterocycles. The molecule has 0 saturated carbocycles. The van der Waals surface area contributed by atoms with Crippen molar-refractivity contribution in [3.63, 3.8) is 0 Å². The van der Waals surface area contributed by atoms with Gasteiger partial charge in [-0.05, 0) is 13.8 Å². The van der Waals surface area contributed by atoms with Gasteiger partial charge in [-0.1, -0.05) is 6.08 Å². The summed E-state index contributed by atoms with van der Waals surface area (Å²) < 4.78 is 5.52. The molecule has 0 N–H and O–H groups in total. The molecule has 1 rings (SSSR count). The fourth-order valence-corrected chi connectivity index (χ4v) is 3.90. The first kappa shape index (κ1) is 10.3. The molecule has 12 heavy (non-hydrogen) atoms. The SMILES string of the molecule is C/C=C/OC(C)C1CSCCS1. The highest BCUT2D eigenvalue weighted by atomic mass is 32.2. The van der Waals surface area contributed by atoms with E-state index in [1.807, 2.05) is 36.5 Å². The van der Waals surface area contributed by atoms with E-state index in [-0.39, 0.29) is 0 Å². The van der Waals surface area contributed by atoms with Gasteiger partial charge in [0.25, 0.3) is 0 Å². The average Bonchev–Trinajstić information content (AvgIpc) is 2.15. The van der Waals surface area contributed by atoms with Crippen LogP contribution in [0.4, 0.5) is 0 Å². The Bertz CT molecular complexity index is 141. The number of hydrogen-bond donors (Lipinski definition) is 0. The van der Waals surface area contributed by atoms with Crippen LogP contribution in [0.5, 0.6) is 0 Å². The minimum Gasteiger partial charge on any atom is -0.497 e. The third-order valence-corrected chi connectivity index (χ3v) is 4.77. The maximum Gasteiger partial charge on any atom is 0.108 e. The number of thioether (sulfide) groups is 2. The summed E-state index contributed by atoms with van der Waals surface area (Å²) in [5.41, 5.74) is 0. The molecule has 0 radical (unpaired) electrons. The van der Waals surface area contributed by atoms with Crippen molar-refractivity contribution in [1.82, 2.24) is 0 Å². The zero-order chi connectivity index (χ0) is 8.81. The first-order chi connectivity index (χ1) is 5.84. The predicted molar refractivity (Wildman–Crippen MR) is 58.9 cm³/mol. The van der Waals surface area contributed by atoms with Crippen LogP contribution in [-0.2, 0) is 4.74 Å². The van der Waals surface area contributed by atoms with Crippen molar-refractivity contribution in [2.24, 2.45) is 0 Å². The van der Waals surface area contributed by atoms with Crippen molar-refractivity contribution in [3.05, 3.63) is 12.3 Å². The van der Waals surface area contributed by atoms with Crippen LogP contribution < -0.4 is 0 Å². The Morgan fingerprint density at radius 2 is 2.33 bits per heavy atom. The van der Waals surface area contributed by atoms with E-state index >= 15 is 0 Å². The van der Waals surface area contributed by atoms with Gasteiger partial charge in [0.2, 0.25) is 0 Å². The van der Waals surface area contributed by atoms with Crippen molar-refractivity contribution in [3.8, 4) is 0 Å². The van der Waals surface area contributed by atoms with Crippen LogP contribution in [0.25, 0.3) is 0 Å². The molecule has 70 valence electrons. The molecule has 2 unspecified atom stereocenters. The minimum atomic E-state index is 0.360. The number of hydrogen-bond acceptors (Lipinski definition) is 3. The summed E-state index contributed by atoms with van der Waals surface area (Å²) in [4.78, 5) is 0. The van der Waals surface area contributed by atoms with Gasteiger partial charge in [0.15, 0.2) is 0 Å². The molecule has 1 nitrogen and oxygen atoms in total. The van der Waals surface area contributed by atoms with E-state index in [9.17, 15) is 0 Å². The van der Waals surface area contributed by atoms with E-state index in [1.54, 1.807) is 6.26 Å². The molecule has 1 heterocycles. The molecule has 2 atom stereocenters. The lowest BCUT2D eigenvalue weighted by molar-refractivity contribution is 0.163. The van der Waals surface area contributed by atoms with Gasteiger partial charge in [-0.3, -0.25) is 0 Å². The first-order valence-electron chi connectivity index (χ1n) is 4.30. The molecular formula is C9H16OS2. The average molecular weight is 204 g/mol. The quantitative estimate of drug-likeness (QED) is 0.654. The van der Waals surface area contributed by atoms with Gasteiger partial charge in [-0.25, -0.2) is 0 Å². The molecular weight excluding hydrogens is 188 g/mol. The van der Waals surface area contributed by atoms with Crippen molar-refractivity contribution in [2.45, 2.75) is 25.2 Å². The van der Waals surface area contributed by atoms with E-state index in [0.717, 1.165) is 0 Å². The summed E-state index contributed by atoms with van der Waals surface area (Å²) in [6.07, 6.45) is 4.10. The van der Waals surface area contributed by atoms with Crippen molar-refractivity contribution in [2.75, 3.05) is 17.3 Å². The maximum atomic E-state index is 5.52. The van der Waals surface area contributed by atoms with Crippen molar-refractivity contribution >= 4 is 23.5 Å². The van der Waals surface area contributed by atoms with Gasteiger partial charge in [0.1, 0.15) is 6.10 Å². The Hall–Kier alpha value is 0.240. The van der Waals surface area contributed by atoms with Crippen molar-refractivity contribution in [1.29, 1.82) is 0 Å². The van der Waals surface area contributed by atoms with Crippen LogP contribution in [0.1, 0.15) is 13.8 Å². The molecule has 0 amide bonds. The molecule has 0 aromatic rings. The lowest BCUT2D eigenvalue weighted by Gasteiger charge is -2.26. The fraction of sp³-hybridized carbons (Fsp3) is 0.778. The molecule has 1 aliphatic heterocycles. The van der Waals surface area contributed by atoms with Gasteiger partial charge in [-0.2, -0.15) is 23.5 Å². The van der Waals surface area contributed by atoms with Crippen LogP contribution in [-0.4, -0.2) is 28.6 Å². The lowest BCUT2D eigenvalue weighted by atomic mass is 10.3. The van der Waals surface area contributed by atoms with Gasteiger partial charge < -0.3 is 4.74 Å². The summed E-state index contributed by atoms with van der Waals surface area (Å²) in [5.74, 6) is 3.82. The summed E-state index contributed by atoms with van der Waals surface area (Å²) in [7, 11) is 0. The van der Waals surface area contributed by atoms with Gasteiger partial charge in [-0.15, -0.1) is 0 Å². The number of allylic oxidation sites excluding steroid dienone is 1. The number of rotatable bonds is 3. The Labute approximate surface area is 83.3 Å². The zero-order valence-electron chi connectivity index (χ0n) is 7.66. The topological polar surface area (TPSA) is 9.23 Å². The molecule has 0 aromatic carbocycles. The van der Waals surface area contributed by atoms with E-state index in [2.05, 4.69) is 6.92 Å². The first-order valence-corrected chi connectivity index (χ1v) is 6.51. The zero-order valence-corrected chi connectivity index (χ0v) is 9.29. The van der Waals surface area contributed by atoms with Crippen LogP contribution >= 0.6 is 23.5 Å². The minimum absolute atomic E-state index is 0.360. The summed E-state index contributed by atoms with van der Waals surface area (Å²) in [6.45, 7) is 4.14. The van der Waals surface area contributed by atoms with E-state index in [1.165, 1.54) is 17.3 Å². The third kappa shape index (κ3) is 3.31. The van der Waals surface area contributed by atoms with Crippen LogP contribution in [0.3, 0.4) is 0 Å². The van der Waals surface area contributed by atoms with Gasteiger partial charge in [0, 0.05) is 17.3 Å². The standard InChI is InChI=1S/C9H16OS2/c1-3-4-10-8(2)9-7-11-5-6-12-9/h3-4,8-9H,5-7H2,1-2H3/b4-3+. The largest absolute Gasteiger partial charge is 0.497 e. The molecule has 0 spiro atoms. The highest BCUT2D eigenvalue weighted by Crippen LogP contribution is 2.27. The number of ether oxygens (including phenoxy) is 1. The fourth-order valence-electron chi connectivity index (χ4n) is 1.07. The predicted octanol–water partition coefficient (Wildman–Crippen LogP) is 2.77. The van der Waals surface area contributed by atoms with Crippen LogP contribution in [0.2, 0.25) is 0 Å². The van der Waals surface area contributed by atoms with E-state index in [0.29, 0.717) is 11.4 Å². The molecule has 0 bridgehead atoms. The van der Waals surface area contributed by atoms with E-state index in [4.69, 9.17) is 4.74 Å². The normalized spacial score (nSPS) is 27.3. The second kappa shape index (κ2) is 5.81. The van der Waals surface area contributed by atoms with Crippen molar-refractivity contribution < 1.29 is 4.74 Å². The molecule has 3 heteroatoms. The molecule has 1 aliphatic rings. The Morgan fingerprint density at radius 3 is 2.92 bits per heavy atom. The van der Waals surface area contributed by atoms with E-state index < -0.39 is 0 Å². The Balaban J connectivity index is 2.24. The smallest absolute Gasteiger partial charge is 0.108 e. The van der Waals surface area contributed by atoms with Crippen LogP contribution in [0, 0.1) is 0 Å². The Kier molecular flexibility index (Phi) is 5.00. The van der Waals surface area contributed by atoms with Gasteiger partial charge >= 0.3 is 0 Å². The summed E-state index contributed by atoms with van der Waals surface area (Å²) in [5, 5.41) is 0.681. The third-order valence-electron chi connectivity index (χ3n) is 1.79. The monoisotopic (exact) mass is 204 g/mol. The maximum absolute atomic E-state index is 5.52. The summed E-state index contributed by atoms with van der Waals surface area (Å²) >= 11 is 4.08. The second-order valence-electron chi connectivity index (χ2n) is 2.79. The summed E-state index contributed by atoms with van der Waals surface area (Å²) in [6, 6.07) is 0. The highest BCUT2D eigenvalue weighted by Gasteiger charge is 2.21. The highest BCUT2D eigenvalue weighted by molar-refractivity contribution is 8.06.